The summed E-state index contributed by atoms with van der Waals surface area (Å²) >= 11 is 0. The summed E-state index contributed by atoms with van der Waals surface area (Å²) in [7, 11) is 0. The van der Waals surface area contributed by atoms with E-state index in [9.17, 15) is 0 Å². The Labute approximate surface area is 116 Å². The molecule has 3 nitrogen and oxygen atoms in total. The van der Waals surface area contributed by atoms with Crippen LogP contribution in [0.15, 0.2) is 18.3 Å². The fourth-order valence-electron chi connectivity index (χ4n) is 3.90. The molecule has 0 aromatic carbocycles. The number of aromatic nitrogens is 1. The zero-order valence-corrected chi connectivity index (χ0v) is 11.7. The topological polar surface area (TPSA) is 42.1 Å². The first-order valence-electron chi connectivity index (χ1n) is 7.75. The van der Waals surface area contributed by atoms with Crippen molar-refractivity contribution in [1.29, 1.82) is 0 Å². The van der Waals surface area contributed by atoms with Crippen molar-refractivity contribution in [2.24, 2.45) is 11.7 Å². The van der Waals surface area contributed by atoms with Gasteiger partial charge in [-0.3, -0.25) is 9.88 Å². The van der Waals surface area contributed by atoms with E-state index < -0.39 is 0 Å². The zero-order valence-electron chi connectivity index (χ0n) is 11.7. The summed E-state index contributed by atoms with van der Waals surface area (Å²) in [5, 5.41) is 0. The lowest BCUT2D eigenvalue weighted by molar-refractivity contribution is 0.183. The highest BCUT2D eigenvalue weighted by Gasteiger charge is 2.32. The van der Waals surface area contributed by atoms with Crippen LogP contribution in [0.1, 0.15) is 49.8 Å². The number of rotatable bonds is 4. The van der Waals surface area contributed by atoms with Crippen LogP contribution in [0, 0.1) is 5.92 Å². The van der Waals surface area contributed by atoms with Gasteiger partial charge in [-0.05, 0) is 55.8 Å². The maximum absolute atomic E-state index is 5.68. The first-order chi connectivity index (χ1) is 9.36. The number of nitrogens with two attached hydrogens (primary N) is 1. The van der Waals surface area contributed by atoms with E-state index >= 15 is 0 Å². The van der Waals surface area contributed by atoms with E-state index in [0.717, 1.165) is 24.2 Å². The van der Waals surface area contributed by atoms with E-state index in [0.29, 0.717) is 6.54 Å². The average Bonchev–Trinajstić information content (AvgIpc) is 3.09. The third-order valence-corrected chi connectivity index (χ3v) is 4.83. The molecule has 2 heterocycles. The van der Waals surface area contributed by atoms with Crippen LogP contribution >= 0.6 is 0 Å². The van der Waals surface area contributed by atoms with Crippen LogP contribution in [0.3, 0.4) is 0 Å². The Morgan fingerprint density at radius 3 is 2.84 bits per heavy atom. The van der Waals surface area contributed by atoms with E-state index in [-0.39, 0.29) is 0 Å². The smallest absolute Gasteiger partial charge is 0.0542 e. The minimum absolute atomic E-state index is 0.542. The Morgan fingerprint density at radius 1 is 1.21 bits per heavy atom. The molecule has 2 fully saturated rings. The molecule has 1 aliphatic heterocycles. The Morgan fingerprint density at radius 2 is 2.05 bits per heavy atom. The lowest BCUT2D eigenvalue weighted by Gasteiger charge is -2.29. The normalized spacial score (nSPS) is 25.2. The van der Waals surface area contributed by atoms with Gasteiger partial charge in [0.25, 0.3) is 0 Å². The molecule has 1 unspecified atom stereocenters. The molecule has 2 aliphatic rings. The molecule has 1 aliphatic carbocycles. The molecule has 0 radical (unpaired) electrons. The lowest BCUT2D eigenvalue weighted by atomic mass is 9.96. The summed E-state index contributed by atoms with van der Waals surface area (Å²) in [6.07, 6.45) is 10.5. The number of nitrogens with zero attached hydrogens (tertiary/aromatic N) is 2. The zero-order chi connectivity index (χ0) is 13.1. The van der Waals surface area contributed by atoms with Gasteiger partial charge in [0.1, 0.15) is 0 Å². The summed E-state index contributed by atoms with van der Waals surface area (Å²) in [6, 6.07) is 5.14. The molecule has 1 aromatic heterocycles. The van der Waals surface area contributed by atoms with E-state index in [1.165, 1.54) is 50.6 Å². The van der Waals surface area contributed by atoms with Crippen molar-refractivity contribution in [3.63, 3.8) is 0 Å². The maximum atomic E-state index is 5.68. The van der Waals surface area contributed by atoms with Crippen LogP contribution in [-0.4, -0.2) is 22.5 Å². The molecule has 0 spiro atoms. The van der Waals surface area contributed by atoms with E-state index in [1.807, 2.05) is 6.20 Å². The monoisotopic (exact) mass is 259 g/mol. The number of pyridine rings is 1. The second kappa shape index (κ2) is 6.02. The maximum Gasteiger partial charge on any atom is 0.0542 e. The van der Waals surface area contributed by atoms with Gasteiger partial charge in [0.2, 0.25) is 0 Å². The van der Waals surface area contributed by atoms with Crippen molar-refractivity contribution in [1.82, 2.24) is 9.88 Å². The number of hydrogen-bond acceptors (Lipinski definition) is 3. The van der Waals surface area contributed by atoms with Gasteiger partial charge in [-0.1, -0.05) is 12.8 Å². The van der Waals surface area contributed by atoms with Crippen molar-refractivity contribution in [3.05, 3.63) is 29.6 Å². The van der Waals surface area contributed by atoms with Crippen molar-refractivity contribution in [2.75, 3.05) is 6.54 Å². The molecule has 19 heavy (non-hydrogen) atoms. The lowest BCUT2D eigenvalue weighted by Crippen LogP contribution is -2.34. The molecule has 2 N–H and O–H groups in total. The molecular formula is C16H25N3. The van der Waals surface area contributed by atoms with E-state index in [2.05, 4.69) is 22.0 Å². The van der Waals surface area contributed by atoms with Crippen molar-refractivity contribution in [3.8, 4) is 0 Å². The third kappa shape index (κ3) is 2.98. The Bertz CT molecular complexity index is 412. The van der Waals surface area contributed by atoms with Gasteiger partial charge in [0, 0.05) is 25.3 Å². The summed E-state index contributed by atoms with van der Waals surface area (Å²) in [5.74, 6) is 0.957. The second-order valence-electron chi connectivity index (χ2n) is 6.08. The summed E-state index contributed by atoms with van der Waals surface area (Å²) in [4.78, 5) is 6.99. The molecule has 1 saturated heterocycles. The van der Waals surface area contributed by atoms with Crippen LogP contribution in [0.5, 0.6) is 0 Å². The van der Waals surface area contributed by atoms with Gasteiger partial charge in [0.15, 0.2) is 0 Å². The predicted molar refractivity (Wildman–Crippen MR) is 77.5 cm³/mol. The fraction of sp³-hybridized carbons (Fsp3) is 0.688. The van der Waals surface area contributed by atoms with Crippen LogP contribution in [0.4, 0.5) is 0 Å². The first-order valence-corrected chi connectivity index (χ1v) is 7.75. The Hall–Kier alpha value is -0.930. The minimum Gasteiger partial charge on any atom is -0.325 e. The van der Waals surface area contributed by atoms with Gasteiger partial charge in [-0.25, -0.2) is 0 Å². The van der Waals surface area contributed by atoms with Crippen LogP contribution in [0.25, 0.3) is 0 Å². The highest BCUT2D eigenvalue weighted by atomic mass is 15.2. The predicted octanol–water partition coefficient (Wildman–Crippen LogP) is 2.69. The fourth-order valence-corrected chi connectivity index (χ4v) is 3.90. The molecule has 1 atom stereocenters. The SMILES string of the molecule is NCc1cc(CN2CCCC2C2CCCC2)ccn1. The van der Waals surface area contributed by atoms with Gasteiger partial charge >= 0.3 is 0 Å². The molecular weight excluding hydrogens is 234 g/mol. The van der Waals surface area contributed by atoms with Crippen LogP contribution < -0.4 is 5.73 Å². The van der Waals surface area contributed by atoms with Crippen molar-refractivity contribution in [2.45, 2.75) is 57.7 Å². The molecule has 0 bridgehead atoms. The molecule has 0 amide bonds. The minimum atomic E-state index is 0.542. The highest BCUT2D eigenvalue weighted by Crippen LogP contribution is 2.35. The van der Waals surface area contributed by atoms with Crippen molar-refractivity contribution < 1.29 is 0 Å². The number of likely N-dealkylation sites (tertiary alicyclic amines) is 1. The van der Waals surface area contributed by atoms with Gasteiger partial charge < -0.3 is 5.73 Å². The third-order valence-electron chi connectivity index (χ3n) is 4.83. The molecule has 3 rings (SSSR count). The average molecular weight is 259 g/mol. The van der Waals surface area contributed by atoms with E-state index in [1.54, 1.807) is 0 Å². The molecule has 104 valence electrons. The second-order valence-corrected chi connectivity index (χ2v) is 6.08. The molecule has 3 heteroatoms. The van der Waals surface area contributed by atoms with Gasteiger partial charge in [-0.2, -0.15) is 0 Å². The van der Waals surface area contributed by atoms with Crippen LogP contribution in [0.2, 0.25) is 0 Å². The summed E-state index contributed by atoms with van der Waals surface area (Å²) < 4.78 is 0. The Kier molecular flexibility index (Phi) is 4.14. The van der Waals surface area contributed by atoms with E-state index in [4.69, 9.17) is 5.73 Å². The first kappa shape index (κ1) is 13.1. The standard InChI is InChI=1S/C16H25N3/c17-11-15-10-13(7-8-18-15)12-19-9-3-6-16(19)14-4-1-2-5-14/h7-8,10,14,16H,1-6,9,11-12,17H2. The Balaban J connectivity index is 1.67. The summed E-state index contributed by atoms with van der Waals surface area (Å²) in [5.41, 5.74) is 8.06. The molecule has 1 saturated carbocycles. The molecule has 1 aromatic rings. The largest absolute Gasteiger partial charge is 0.325 e. The quantitative estimate of drug-likeness (QED) is 0.904. The van der Waals surface area contributed by atoms with Crippen LogP contribution in [-0.2, 0) is 13.1 Å². The van der Waals surface area contributed by atoms with Gasteiger partial charge in [0.05, 0.1) is 5.69 Å². The van der Waals surface area contributed by atoms with Gasteiger partial charge in [-0.15, -0.1) is 0 Å². The van der Waals surface area contributed by atoms with Crippen molar-refractivity contribution >= 4 is 0 Å². The summed E-state index contributed by atoms with van der Waals surface area (Å²) in [6.45, 7) is 2.89. The number of hydrogen-bond donors (Lipinski definition) is 1. The highest BCUT2D eigenvalue weighted by molar-refractivity contribution is 5.16.